The van der Waals surface area contributed by atoms with E-state index in [1.165, 1.54) is 18.2 Å². The second kappa shape index (κ2) is 8.09. The van der Waals surface area contributed by atoms with E-state index in [1.807, 2.05) is 6.07 Å². The van der Waals surface area contributed by atoms with E-state index < -0.39 is 0 Å². The molecule has 1 aromatic carbocycles. The molecule has 1 saturated heterocycles. The van der Waals surface area contributed by atoms with Crippen LogP contribution < -0.4 is 10.6 Å². The van der Waals surface area contributed by atoms with E-state index in [1.54, 1.807) is 17.0 Å². The molecule has 6 nitrogen and oxygen atoms in total. The maximum absolute atomic E-state index is 12.4. The highest BCUT2D eigenvalue weighted by Crippen LogP contribution is 2.43. The lowest BCUT2D eigenvalue weighted by molar-refractivity contribution is 0.0676. The second-order valence-electron chi connectivity index (χ2n) is 7.87. The van der Waals surface area contributed by atoms with Crippen molar-refractivity contribution in [2.45, 2.75) is 43.6 Å². The number of benzene rings is 1. The smallest absolute Gasteiger partial charge is 0.315 e. The molecular weight excluding hydrogens is 354 g/mol. The molecule has 2 heterocycles. The van der Waals surface area contributed by atoms with Gasteiger partial charge in [0.15, 0.2) is 5.76 Å². The number of piperidine rings is 1. The maximum Gasteiger partial charge on any atom is 0.315 e. The molecule has 2 N–H and O–H groups in total. The summed E-state index contributed by atoms with van der Waals surface area (Å²) in [5, 5.41) is 6.16. The van der Waals surface area contributed by atoms with E-state index in [2.05, 4.69) is 34.9 Å². The van der Waals surface area contributed by atoms with Crippen LogP contribution in [0.4, 0.5) is 4.79 Å². The first kappa shape index (κ1) is 18.6. The lowest BCUT2D eigenvalue weighted by Gasteiger charge is -2.42. The fourth-order valence-electron chi connectivity index (χ4n) is 4.23. The van der Waals surface area contributed by atoms with Crippen LogP contribution in [-0.2, 0) is 5.41 Å². The van der Waals surface area contributed by atoms with Crippen LogP contribution in [0.2, 0.25) is 0 Å². The number of hydrogen-bond donors (Lipinski definition) is 2. The molecule has 3 amide bonds. The molecule has 2 aromatic rings. The minimum atomic E-state index is -0.113. The van der Waals surface area contributed by atoms with E-state index in [0.29, 0.717) is 25.4 Å². The minimum absolute atomic E-state index is 0.0808. The van der Waals surface area contributed by atoms with Crippen LogP contribution in [0.1, 0.15) is 48.2 Å². The van der Waals surface area contributed by atoms with Crippen molar-refractivity contribution in [3.05, 3.63) is 60.1 Å². The number of nitrogens with zero attached hydrogens (tertiary/aromatic N) is 1. The Kier molecular flexibility index (Phi) is 5.37. The fraction of sp³-hybridized carbons (Fsp3) is 0.455. The van der Waals surface area contributed by atoms with Crippen LogP contribution in [0.3, 0.4) is 0 Å². The molecule has 6 heteroatoms. The number of amides is 3. The topological polar surface area (TPSA) is 74.6 Å². The number of rotatable bonds is 5. The molecule has 4 rings (SSSR count). The van der Waals surface area contributed by atoms with Crippen molar-refractivity contribution < 1.29 is 14.0 Å². The Hall–Kier alpha value is -2.76. The van der Waals surface area contributed by atoms with Crippen molar-refractivity contribution >= 4 is 11.9 Å². The zero-order valence-corrected chi connectivity index (χ0v) is 16.0. The molecule has 0 radical (unpaired) electrons. The van der Waals surface area contributed by atoms with E-state index >= 15 is 0 Å². The summed E-state index contributed by atoms with van der Waals surface area (Å²) in [5.41, 5.74) is 1.39. The monoisotopic (exact) mass is 381 g/mol. The number of carbonyl (C=O) groups is 2. The molecule has 28 heavy (non-hydrogen) atoms. The van der Waals surface area contributed by atoms with Crippen molar-refractivity contribution in [3.8, 4) is 0 Å². The third-order valence-corrected chi connectivity index (χ3v) is 6.13. The highest BCUT2D eigenvalue weighted by atomic mass is 16.3. The predicted molar refractivity (Wildman–Crippen MR) is 106 cm³/mol. The summed E-state index contributed by atoms with van der Waals surface area (Å²) in [4.78, 5) is 26.5. The minimum Gasteiger partial charge on any atom is -0.459 e. The summed E-state index contributed by atoms with van der Waals surface area (Å²) in [6.07, 6.45) is 6.46. The molecular formula is C22H27N3O3. The van der Waals surface area contributed by atoms with Crippen molar-refractivity contribution in [3.63, 3.8) is 0 Å². The van der Waals surface area contributed by atoms with E-state index in [4.69, 9.17) is 4.42 Å². The Bertz CT molecular complexity index is 792. The van der Waals surface area contributed by atoms with Gasteiger partial charge in [0.1, 0.15) is 0 Å². The number of likely N-dealkylation sites (tertiary alicyclic amines) is 1. The van der Waals surface area contributed by atoms with Gasteiger partial charge in [-0.15, -0.1) is 0 Å². The van der Waals surface area contributed by atoms with Crippen LogP contribution in [0, 0.1) is 0 Å². The van der Waals surface area contributed by atoms with Crippen LogP contribution in [0.5, 0.6) is 0 Å². The molecule has 0 spiro atoms. The number of hydrogen-bond acceptors (Lipinski definition) is 3. The first-order chi connectivity index (χ1) is 13.7. The Morgan fingerprint density at radius 2 is 1.82 bits per heavy atom. The van der Waals surface area contributed by atoms with Crippen LogP contribution >= 0.6 is 0 Å². The van der Waals surface area contributed by atoms with Gasteiger partial charge < -0.3 is 20.0 Å². The number of urea groups is 1. The van der Waals surface area contributed by atoms with Gasteiger partial charge in [-0.1, -0.05) is 36.8 Å². The molecule has 2 fully saturated rings. The Labute approximate surface area is 165 Å². The van der Waals surface area contributed by atoms with Gasteiger partial charge in [-0.2, -0.15) is 0 Å². The third kappa shape index (κ3) is 3.91. The number of furan rings is 1. The molecule has 1 aliphatic heterocycles. The summed E-state index contributed by atoms with van der Waals surface area (Å²) in [5.74, 6) is 0.290. The third-order valence-electron chi connectivity index (χ3n) is 6.13. The lowest BCUT2D eigenvalue weighted by Crippen LogP contribution is -2.52. The van der Waals surface area contributed by atoms with Gasteiger partial charge in [-0.25, -0.2) is 4.79 Å². The van der Waals surface area contributed by atoms with E-state index in [-0.39, 0.29) is 23.4 Å². The fourth-order valence-corrected chi connectivity index (χ4v) is 4.23. The quantitative estimate of drug-likeness (QED) is 0.834. The molecule has 2 aliphatic rings. The van der Waals surface area contributed by atoms with Gasteiger partial charge in [0.25, 0.3) is 5.91 Å². The van der Waals surface area contributed by atoms with Gasteiger partial charge in [0, 0.05) is 31.1 Å². The Morgan fingerprint density at radius 1 is 1.07 bits per heavy atom. The summed E-state index contributed by atoms with van der Waals surface area (Å²) in [7, 11) is 0. The highest BCUT2D eigenvalue weighted by molar-refractivity contribution is 5.91. The molecule has 1 saturated carbocycles. The van der Waals surface area contributed by atoms with Crippen molar-refractivity contribution in [2.24, 2.45) is 0 Å². The predicted octanol–water partition coefficient (Wildman–Crippen LogP) is 3.31. The molecule has 0 atom stereocenters. The SMILES string of the molecule is O=C(NCC1(c2ccccc2)CCC1)NC1CCN(C(=O)c2ccco2)CC1. The van der Waals surface area contributed by atoms with Gasteiger partial charge >= 0.3 is 6.03 Å². The Balaban J connectivity index is 1.23. The summed E-state index contributed by atoms with van der Waals surface area (Å²) in [6, 6.07) is 13.8. The maximum atomic E-state index is 12.4. The summed E-state index contributed by atoms with van der Waals surface area (Å²) >= 11 is 0. The second-order valence-corrected chi connectivity index (χ2v) is 7.87. The number of carbonyl (C=O) groups excluding carboxylic acids is 2. The van der Waals surface area contributed by atoms with Crippen molar-refractivity contribution in [2.75, 3.05) is 19.6 Å². The summed E-state index contributed by atoms with van der Waals surface area (Å²) < 4.78 is 5.19. The molecule has 1 aliphatic carbocycles. The van der Waals surface area contributed by atoms with Crippen LogP contribution in [-0.4, -0.2) is 42.5 Å². The molecule has 0 unspecified atom stereocenters. The Morgan fingerprint density at radius 3 is 2.43 bits per heavy atom. The van der Waals surface area contributed by atoms with Crippen LogP contribution in [0.25, 0.3) is 0 Å². The van der Waals surface area contributed by atoms with E-state index in [9.17, 15) is 9.59 Å². The summed E-state index contributed by atoms with van der Waals surface area (Å²) in [6.45, 7) is 1.91. The van der Waals surface area contributed by atoms with Gasteiger partial charge in [0.05, 0.1) is 6.26 Å². The van der Waals surface area contributed by atoms with Crippen molar-refractivity contribution in [1.82, 2.24) is 15.5 Å². The zero-order chi connectivity index (χ0) is 19.4. The van der Waals surface area contributed by atoms with Gasteiger partial charge in [-0.05, 0) is 43.4 Å². The standard InChI is InChI=1S/C22H27N3O3/c26-20(19-8-4-15-28-19)25-13-9-18(10-14-25)24-21(27)23-16-22(11-5-12-22)17-6-2-1-3-7-17/h1-4,6-8,15,18H,5,9-14,16H2,(H2,23,24,27). The zero-order valence-electron chi connectivity index (χ0n) is 16.0. The molecule has 1 aromatic heterocycles. The average molecular weight is 381 g/mol. The van der Waals surface area contributed by atoms with Gasteiger partial charge in [0.2, 0.25) is 0 Å². The van der Waals surface area contributed by atoms with E-state index in [0.717, 1.165) is 25.7 Å². The average Bonchev–Trinajstić information content (AvgIpc) is 3.23. The normalized spacial score (nSPS) is 18.9. The van der Waals surface area contributed by atoms with Gasteiger partial charge in [-0.3, -0.25) is 4.79 Å². The first-order valence-electron chi connectivity index (χ1n) is 10.1. The lowest BCUT2D eigenvalue weighted by atomic mass is 9.64. The highest BCUT2D eigenvalue weighted by Gasteiger charge is 2.38. The van der Waals surface area contributed by atoms with Crippen molar-refractivity contribution in [1.29, 1.82) is 0 Å². The first-order valence-corrected chi connectivity index (χ1v) is 10.1. The number of nitrogens with one attached hydrogen (secondary N) is 2. The molecule has 148 valence electrons. The molecule has 0 bridgehead atoms. The van der Waals surface area contributed by atoms with Crippen LogP contribution in [0.15, 0.2) is 53.1 Å². The largest absolute Gasteiger partial charge is 0.459 e.